The lowest BCUT2D eigenvalue weighted by Crippen LogP contribution is -2.60. The summed E-state index contributed by atoms with van der Waals surface area (Å²) in [5.41, 5.74) is 1.92. The maximum atomic E-state index is 14.0. The zero-order valence-electron chi connectivity index (χ0n) is 28.3. The number of nitriles is 1. The summed E-state index contributed by atoms with van der Waals surface area (Å²) >= 11 is 7.68. The smallest absolute Gasteiger partial charge is 0.410 e. The van der Waals surface area contributed by atoms with Crippen LogP contribution in [0.4, 0.5) is 10.6 Å². The van der Waals surface area contributed by atoms with Crippen molar-refractivity contribution < 1.29 is 24.2 Å². The first-order valence-electron chi connectivity index (χ1n) is 15.7. The number of nitrogens with zero attached hydrogens (tertiary/aromatic N) is 7. The summed E-state index contributed by atoms with van der Waals surface area (Å²) in [7, 11) is 1.67. The minimum Gasteiger partial charge on any atom is -0.491 e. The van der Waals surface area contributed by atoms with Crippen molar-refractivity contribution in [2.45, 2.75) is 52.8 Å². The van der Waals surface area contributed by atoms with Crippen molar-refractivity contribution in [2.24, 2.45) is 0 Å². The summed E-state index contributed by atoms with van der Waals surface area (Å²) in [5, 5.41) is 22.1. The molecule has 50 heavy (non-hydrogen) atoms. The zero-order valence-corrected chi connectivity index (χ0v) is 29.8. The van der Waals surface area contributed by atoms with Crippen LogP contribution in [0.25, 0.3) is 32.2 Å². The number of aromatic carboxylic acids is 1. The molecule has 0 radical (unpaired) electrons. The minimum atomic E-state index is -1.06. The van der Waals surface area contributed by atoms with Crippen LogP contribution in [-0.2, 0) is 11.3 Å². The third-order valence-corrected chi connectivity index (χ3v) is 9.60. The molecule has 4 aromatic heterocycles. The topological polar surface area (TPSA) is 164 Å². The Kier molecular flexibility index (Phi) is 9.15. The van der Waals surface area contributed by atoms with E-state index in [1.165, 1.54) is 27.0 Å². The number of carboxylic acid groups (broad SMARTS) is 1. The number of carbonyl (C=O) groups is 2. The number of fused-ring (bicyclic) bond motifs is 2. The third kappa shape index (κ3) is 6.54. The molecule has 0 aliphatic carbocycles. The number of benzene rings is 1. The summed E-state index contributed by atoms with van der Waals surface area (Å²) in [6.45, 7) is 9.94. The molecule has 5 aromatic rings. The molecule has 1 aliphatic heterocycles. The number of carboxylic acids is 1. The molecule has 1 aromatic carbocycles. The van der Waals surface area contributed by atoms with Gasteiger partial charge in [0, 0.05) is 47.4 Å². The number of carbonyl (C=O) groups excluding carboxylic acids is 1. The molecule has 6 rings (SSSR count). The van der Waals surface area contributed by atoms with Crippen LogP contribution >= 0.6 is 22.9 Å². The monoisotopic (exact) mass is 715 g/mol. The number of aromatic nitrogens is 4. The second-order valence-electron chi connectivity index (χ2n) is 13.0. The summed E-state index contributed by atoms with van der Waals surface area (Å²) < 4.78 is 13.9. The number of likely N-dealkylation sites (N-methyl/N-ethyl adjacent to an activating group) is 1. The highest BCUT2D eigenvalue weighted by atomic mass is 35.5. The molecule has 1 saturated heterocycles. The quantitative estimate of drug-likeness (QED) is 0.199. The fraction of sp³-hybridized carbons (Fsp3) is 0.343. The van der Waals surface area contributed by atoms with Gasteiger partial charge in [0.15, 0.2) is 0 Å². The maximum Gasteiger partial charge on any atom is 0.410 e. The number of halogens is 1. The lowest BCUT2D eigenvalue weighted by molar-refractivity contribution is 0.0196. The number of rotatable bonds is 8. The van der Waals surface area contributed by atoms with Gasteiger partial charge < -0.3 is 24.4 Å². The van der Waals surface area contributed by atoms with E-state index in [9.17, 15) is 24.8 Å². The predicted octanol–water partition coefficient (Wildman–Crippen LogP) is 6.04. The van der Waals surface area contributed by atoms with Gasteiger partial charge in [0.1, 0.15) is 41.2 Å². The molecule has 13 nitrogen and oxygen atoms in total. The fourth-order valence-corrected chi connectivity index (χ4v) is 7.03. The van der Waals surface area contributed by atoms with E-state index >= 15 is 0 Å². The van der Waals surface area contributed by atoms with Crippen LogP contribution in [0.1, 0.15) is 48.2 Å². The van der Waals surface area contributed by atoms with Crippen molar-refractivity contribution in [1.82, 2.24) is 24.4 Å². The van der Waals surface area contributed by atoms with E-state index in [4.69, 9.17) is 21.1 Å². The highest BCUT2D eigenvalue weighted by Crippen LogP contribution is 2.40. The molecule has 1 N–H and O–H groups in total. The zero-order chi connectivity index (χ0) is 36.1. The summed E-state index contributed by atoms with van der Waals surface area (Å²) in [6.07, 6.45) is 1.05. The van der Waals surface area contributed by atoms with Crippen molar-refractivity contribution in [2.75, 3.05) is 31.6 Å². The van der Waals surface area contributed by atoms with Crippen molar-refractivity contribution in [1.29, 1.82) is 5.26 Å². The van der Waals surface area contributed by atoms with Crippen molar-refractivity contribution in [3.63, 3.8) is 0 Å². The van der Waals surface area contributed by atoms with E-state index in [2.05, 4.69) is 21.0 Å². The lowest BCUT2D eigenvalue weighted by atomic mass is 10.0. The first-order chi connectivity index (χ1) is 23.7. The Hall–Kier alpha value is -5.26. The first-order valence-corrected chi connectivity index (χ1v) is 17.0. The largest absolute Gasteiger partial charge is 0.491 e. The maximum absolute atomic E-state index is 14.0. The van der Waals surface area contributed by atoms with Gasteiger partial charge in [0.2, 0.25) is 0 Å². The van der Waals surface area contributed by atoms with Gasteiger partial charge in [-0.3, -0.25) is 14.3 Å². The van der Waals surface area contributed by atoms with E-state index in [0.717, 1.165) is 5.56 Å². The molecular formula is C35H34ClN7O6S. The van der Waals surface area contributed by atoms with E-state index in [-0.39, 0.29) is 35.7 Å². The van der Waals surface area contributed by atoms with Gasteiger partial charge in [-0.2, -0.15) is 5.26 Å². The van der Waals surface area contributed by atoms with Crippen LogP contribution in [0, 0.1) is 25.2 Å². The molecule has 1 fully saturated rings. The van der Waals surface area contributed by atoms with Gasteiger partial charge in [0.05, 0.1) is 45.5 Å². The molecule has 0 saturated carbocycles. The Morgan fingerprint density at radius 2 is 1.92 bits per heavy atom. The van der Waals surface area contributed by atoms with Gasteiger partial charge in [-0.25, -0.2) is 19.6 Å². The molecule has 0 atom stereocenters. The summed E-state index contributed by atoms with van der Waals surface area (Å²) in [5.74, 6) is 0.202. The molecular weight excluding hydrogens is 682 g/mol. The number of amides is 1. The predicted molar refractivity (Wildman–Crippen MR) is 191 cm³/mol. The summed E-state index contributed by atoms with van der Waals surface area (Å²) in [4.78, 5) is 55.2. The van der Waals surface area contributed by atoms with Crippen molar-refractivity contribution >= 4 is 61.9 Å². The molecule has 0 bridgehead atoms. The average Bonchev–Trinajstić information content (AvgIpc) is 3.45. The number of anilines is 1. The average molecular weight is 716 g/mol. The lowest BCUT2D eigenvalue weighted by Gasteiger charge is -2.44. The standard InChI is InChI=1S/C35H34ClN7O6S/c1-18-11-23(30-29(39-18)25(17-50-30)33(45)46)22-12-20(36)7-8-27(22)48-10-9-43-19(2)40-26-14-38-31(24(13-37)28(26)32(43)44)42-15-21(16-42)41(6)34(47)49-35(3,4)5/h7-8,11-12,14,17,21H,9-10,15-16H2,1-6H3,(H,45,46). The number of aryl methyl sites for hydroxylation is 2. The molecule has 258 valence electrons. The minimum absolute atomic E-state index is 0.0746. The second kappa shape index (κ2) is 13.2. The fourth-order valence-electron chi connectivity index (χ4n) is 5.85. The Balaban J connectivity index is 1.26. The molecule has 1 aliphatic rings. The summed E-state index contributed by atoms with van der Waals surface area (Å²) in [6, 6.07) is 9.04. The van der Waals surface area contributed by atoms with E-state index in [1.54, 1.807) is 65.2 Å². The third-order valence-electron chi connectivity index (χ3n) is 8.36. The van der Waals surface area contributed by atoms with Gasteiger partial charge in [-0.15, -0.1) is 11.3 Å². The first kappa shape index (κ1) is 34.6. The van der Waals surface area contributed by atoms with Gasteiger partial charge in [0.25, 0.3) is 5.56 Å². The Morgan fingerprint density at radius 3 is 2.60 bits per heavy atom. The Labute approximate surface area is 296 Å². The SMILES string of the molecule is Cc1cc(-c2cc(Cl)ccc2OCCn2c(C)nc3cnc(N4CC(N(C)C(=O)OC(C)(C)C)C4)c(C#N)c3c2=O)c2scc(C(=O)O)c2n1. The van der Waals surface area contributed by atoms with Crippen LogP contribution < -0.4 is 15.2 Å². The van der Waals surface area contributed by atoms with Crippen LogP contribution in [0.15, 0.2) is 40.6 Å². The number of thiophene rings is 1. The number of hydrogen-bond acceptors (Lipinski definition) is 11. The van der Waals surface area contributed by atoms with Crippen LogP contribution in [0.3, 0.4) is 0 Å². The highest BCUT2D eigenvalue weighted by Gasteiger charge is 2.37. The van der Waals surface area contributed by atoms with Gasteiger partial charge >= 0.3 is 12.1 Å². The van der Waals surface area contributed by atoms with Crippen LogP contribution in [0.5, 0.6) is 5.75 Å². The van der Waals surface area contributed by atoms with Gasteiger partial charge in [-0.1, -0.05) is 11.6 Å². The molecule has 5 heterocycles. The van der Waals surface area contributed by atoms with Crippen LogP contribution in [-0.4, -0.2) is 80.0 Å². The molecule has 0 unspecified atom stereocenters. The van der Waals surface area contributed by atoms with E-state index in [1.807, 2.05) is 11.0 Å². The molecule has 0 spiro atoms. The van der Waals surface area contributed by atoms with Crippen LogP contribution in [0.2, 0.25) is 5.02 Å². The molecule has 15 heteroatoms. The second-order valence-corrected chi connectivity index (χ2v) is 14.3. The van der Waals surface area contributed by atoms with E-state index < -0.39 is 23.2 Å². The number of hydrogen-bond donors (Lipinski definition) is 1. The van der Waals surface area contributed by atoms with E-state index in [0.29, 0.717) is 62.5 Å². The Bertz CT molecular complexity index is 2280. The van der Waals surface area contributed by atoms with Gasteiger partial charge in [-0.05, 0) is 58.9 Å². The molecule has 1 amide bonds. The number of pyridine rings is 2. The Morgan fingerprint density at radius 1 is 1.18 bits per heavy atom. The highest BCUT2D eigenvalue weighted by molar-refractivity contribution is 7.18. The van der Waals surface area contributed by atoms with Crippen molar-refractivity contribution in [3.05, 3.63) is 73.9 Å². The number of ether oxygens (including phenoxy) is 2. The normalized spacial score (nSPS) is 13.3. The van der Waals surface area contributed by atoms with Crippen molar-refractivity contribution in [3.8, 4) is 22.9 Å².